The van der Waals surface area contributed by atoms with Crippen molar-refractivity contribution in [3.63, 3.8) is 0 Å². The van der Waals surface area contributed by atoms with E-state index in [2.05, 4.69) is 42.4 Å². The molecule has 2 aromatic rings. The highest BCUT2D eigenvalue weighted by molar-refractivity contribution is 7.16. The lowest BCUT2D eigenvalue weighted by atomic mass is 9.92. The summed E-state index contributed by atoms with van der Waals surface area (Å²) in [7, 11) is 0. The van der Waals surface area contributed by atoms with Crippen molar-refractivity contribution in [3.05, 3.63) is 17.3 Å². The molecule has 0 saturated carbocycles. The van der Waals surface area contributed by atoms with E-state index in [-0.39, 0.29) is 0 Å². The van der Waals surface area contributed by atoms with Gasteiger partial charge in [-0.1, -0.05) is 13.8 Å². The average Bonchev–Trinajstić information content (AvgIpc) is 2.86. The lowest BCUT2D eigenvalue weighted by Gasteiger charge is -2.34. The van der Waals surface area contributed by atoms with Gasteiger partial charge in [0.1, 0.15) is 16.5 Å². The van der Waals surface area contributed by atoms with Gasteiger partial charge < -0.3 is 5.32 Å². The maximum atomic E-state index is 4.75. The van der Waals surface area contributed by atoms with E-state index in [0.29, 0.717) is 0 Å². The average molecular weight is 304 g/mol. The first-order valence-electron chi connectivity index (χ1n) is 7.86. The fourth-order valence-corrected chi connectivity index (χ4v) is 4.18. The summed E-state index contributed by atoms with van der Waals surface area (Å²) in [5.41, 5.74) is 0. The maximum absolute atomic E-state index is 4.75. The highest BCUT2D eigenvalue weighted by Crippen LogP contribution is 2.26. The number of nitrogens with one attached hydrogen (secondary N) is 1. The topological polar surface area (TPSA) is 41.1 Å². The number of rotatable bonds is 4. The summed E-state index contributed by atoms with van der Waals surface area (Å²) >= 11 is 1.69. The van der Waals surface area contributed by atoms with Crippen LogP contribution in [0.25, 0.3) is 10.2 Å². The molecule has 0 aliphatic carbocycles. The van der Waals surface area contributed by atoms with E-state index in [1.54, 1.807) is 11.3 Å². The molecular weight excluding hydrogens is 280 g/mol. The minimum Gasteiger partial charge on any atom is -0.370 e. The number of piperidine rings is 1. The summed E-state index contributed by atoms with van der Waals surface area (Å²) in [6.45, 7) is 10.9. The van der Waals surface area contributed by atoms with Crippen LogP contribution in [-0.4, -0.2) is 34.5 Å². The Bertz CT molecular complexity index is 599. The molecule has 2 unspecified atom stereocenters. The molecule has 21 heavy (non-hydrogen) atoms. The molecule has 3 heterocycles. The van der Waals surface area contributed by atoms with Crippen molar-refractivity contribution in [1.29, 1.82) is 0 Å². The van der Waals surface area contributed by atoms with Crippen LogP contribution in [0.5, 0.6) is 0 Å². The van der Waals surface area contributed by atoms with Crippen molar-refractivity contribution >= 4 is 27.4 Å². The minimum absolute atomic E-state index is 0.771. The Labute approximate surface area is 130 Å². The summed E-state index contributed by atoms with van der Waals surface area (Å²) in [6.07, 6.45) is 1.34. The van der Waals surface area contributed by atoms with E-state index in [4.69, 9.17) is 9.97 Å². The van der Waals surface area contributed by atoms with E-state index in [1.165, 1.54) is 6.42 Å². The Morgan fingerprint density at radius 3 is 2.76 bits per heavy atom. The molecule has 5 heteroatoms. The second kappa shape index (κ2) is 6.28. The van der Waals surface area contributed by atoms with E-state index in [0.717, 1.165) is 59.9 Å². The van der Waals surface area contributed by atoms with Crippen LogP contribution >= 0.6 is 11.3 Å². The van der Waals surface area contributed by atoms with Crippen molar-refractivity contribution in [2.75, 3.05) is 25.0 Å². The molecule has 1 saturated heterocycles. The zero-order valence-corrected chi connectivity index (χ0v) is 13.9. The summed E-state index contributed by atoms with van der Waals surface area (Å²) in [6, 6.07) is 2.10. The molecule has 1 N–H and O–H groups in total. The number of likely N-dealkylation sites (tertiary alicyclic amines) is 1. The SMILES string of the molecule is CCNc1nc(CN2CC(C)CC(C)C2)nc2sccc12. The third-order valence-electron chi connectivity index (χ3n) is 4.03. The molecule has 4 nitrogen and oxygen atoms in total. The predicted molar refractivity (Wildman–Crippen MR) is 89.8 cm³/mol. The van der Waals surface area contributed by atoms with Crippen LogP contribution in [0.4, 0.5) is 5.82 Å². The molecule has 1 aliphatic rings. The molecule has 3 rings (SSSR count). The van der Waals surface area contributed by atoms with Gasteiger partial charge in [0.15, 0.2) is 0 Å². The number of nitrogens with zero attached hydrogens (tertiary/aromatic N) is 3. The van der Waals surface area contributed by atoms with Crippen LogP contribution in [0.15, 0.2) is 11.4 Å². The summed E-state index contributed by atoms with van der Waals surface area (Å²) in [5, 5.41) is 6.61. The number of hydrogen-bond donors (Lipinski definition) is 1. The second-order valence-electron chi connectivity index (χ2n) is 6.30. The van der Waals surface area contributed by atoms with Gasteiger partial charge in [-0.15, -0.1) is 11.3 Å². The van der Waals surface area contributed by atoms with Crippen LogP contribution in [0, 0.1) is 11.8 Å². The quantitative estimate of drug-likeness (QED) is 0.937. The lowest BCUT2D eigenvalue weighted by molar-refractivity contribution is 0.131. The van der Waals surface area contributed by atoms with E-state index in [9.17, 15) is 0 Å². The second-order valence-corrected chi connectivity index (χ2v) is 7.19. The van der Waals surface area contributed by atoms with Crippen molar-refractivity contribution in [1.82, 2.24) is 14.9 Å². The molecule has 1 aliphatic heterocycles. The van der Waals surface area contributed by atoms with Gasteiger partial charge in [-0.25, -0.2) is 9.97 Å². The predicted octanol–water partition coefficient (Wildman–Crippen LogP) is 3.60. The fraction of sp³-hybridized carbons (Fsp3) is 0.625. The number of thiophene rings is 1. The summed E-state index contributed by atoms with van der Waals surface area (Å²) in [5.74, 6) is 3.47. The van der Waals surface area contributed by atoms with Crippen molar-refractivity contribution in [3.8, 4) is 0 Å². The van der Waals surface area contributed by atoms with Crippen LogP contribution in [0.1, 0.15) is 33.0 Å². The Balaban J connectivity index is 1.83. The Morgan fingerprint density at radius 1 is 1.29 bits per heavy atom. The van der Waals surface area contributed by atoms with Crippen LogP contribution in [-0.2, 0) is 6.54 Å². The lowest BCUT2D eigenvalue weighted by Crippen LogP contribution is -2.38. The third kappa shape index (κ3) is 3.35. The maximum Gasteiger partial charge on any atom is 0.146 e. The Hall–Kier alpha value is -1.20. The molecular formula is C16H24N4S. The summed E-state index contributed by atoms with van der Waals surface area (Å²) < 4.78 is 0. The summed E-state index contributed by atoms with van der Waals surface area (Å²) in [4.78, 5) is 13.1. The molecule has 1 fully saturated rings. The molecule has 2 aromatic heterocycles. The Kier molecular flexibility index (Phi) is 4.40. The smallest absolute Gasteiger partial charge is 0.146 e. The van der Waals surface area contributed by atoms with Crippen LogP contribution < -0.4 is 5.32 Å². The van der Waals surface area contributed by atoms with Gasteiger partial charge in [-0.2, -0.15) is 0 Å². The number of hydrogen-bond acceptors (Lipinski definition) is 5. The van der Waals surface area contributed by atoms with Gasteiger partial charge >= 0.3 is 0 Å². The molecule has 0 spiro atoms. The van der Waals surface area contributed by atoms with E-state index >= 15 is 0 Å². The molecule has 0 aromatic carbocycles. The molecule has 0 amide bonds. The molecule has 0 bridgehead atoms. The normalized spacial score (nSPS) is 23.6. The standard InChI is InChI=1S/C16H24N4S/c1-4-17-15-13-5-6-21-16(13)19-14(18-15)10-20-8-11(2)7-12(3)9-20/h5-6,11-12H,4,7-10H2,1-3H3,(H,17,18,19). The minimum atomic E-state index is 0.771. The monoisotopic (exact) mass is 304 g/mol. The third-order valence-corrected chi connectivity index (χ3v) is 4.83. The van der Waals surface area contributed by atoms with Gasteiger partial charge in [0.2, 0.25) is 0 Å². The van der Waals surface area contributed by atoms with Gasteiger partial charge in [0.05, 0.1) is 11.9 Å². The molecule has 0 radical (unpaired) electrons. The molecule has 2 atom stereocenters. The zero-order valence-electron chi connectivity index (χ0n) is 13.1. The van der Waals surface area contributed by atoms with E-state index in [1.807, 2.05) is 0 Å². The van der Waals surface area contributed by atoms with Crippen LogP contribution in [0.2, 0.25) is 0 Å². The first-order valence-corrected chi connectivity index (χ1v) is 8.74. The number of fused-ring (bicyclic) bond motifs is 1. The number of anilines is 1. The Morgan fingerprint density at radius 2 is 2.05 bits per heavy atom. The van der Waals surface area contributed by atoms with Gasteiger partial charge in [0.25, 0.3) is 0 Å². The van der Waals surface area contributed by atoms with Crippen molar-refractivity contribution < 1.29 is 0 Å². The largest absolute Gasteiger partial charge is 0.370 e. The highest BCUT2D eigenvalue weighted by Gasteiger charge is 2.22. The molecule has 114 valence electrons. The van der Waals surface area contributed by atoms with Gasteiger partial charge in [-0.3, -0.25) is 4.90 Å². The van der Waals surface area contributed by atoms with Crippen molar-refractivity contribution in [2.45, 2.75) is 33.7 Å². The van der Waals surface area contributed by atoms with Crippen LogP contribution in [0.3, 0.4) is 0 Å². The first-order chi connectivity index (χ1) is 10.2. The van der Waals surface area contributed by atoms with E-state index < -0.39 is 0 Å². The van der Waals surface area contributed by atoms with Crippen molar-refractivity contribution in [2.24, 2.45) is 11.8 Å². The van der Waals surface area contributed by atoms with Gasteiger partial charge in [-0.05, 0) is 36.6 Å². The first kappa shape index (κ1) is 14.7. The fourth-order valence-electron chi connectivity index (χ4n) is 3.39. The van der Waals surface area contributed by atoms with Gasteiger partial charge in [0, 0.05) is 19.6 Å². The number of aromatic nitrogens is 2. The highest BCUT2D eigenvalue weighted by atomic mass is 32.1. The zero-order chi connectivity index (χ0) is 14.8.